The molecule has 0 saturated heterocycles. The van der Waals surface area contributed by atoms with E-state index in [1.165, 1.54) is 18.2 Å². The van der Waals surface area contributed by atoms with Crippen LogP contribution in [0.2, 0.25) is 15.1 Å². The van der Waals surface area contributed by atoms with Crippen molar-refractivity contribution in [3.8, 4) is 0 Å². The molecule has 0 aromatic heterocycles. The average Bonchev–Trinajstić information content (AvgIpc) is 2.83. The Morgan fingerprint density at radius 1 is 0.868 bits per heavy atom. The lowest BCUT2D eigenvalue weighted by Crippen LogP contribution is -2.40. The van der Waals surface area contributed by atoms with Crippen molar-refractivity contribution in [3.05, 3.63) is 86.4 Å². The average molecular weight is 598 g/mol. The Labute approximate surface area is 227 Å². The molecule has 0 radical (unpaired) electrons. The Morgan fingerprint density at radius 3 is 2.05 bits per heavy atom. The first-order valence-corrected chi connectivity index (χ1v) is 11.8. The van der Waals surface area contributed by atoms with Crippen molar-refractivity contribution < 1.29 is 35.9 Å². The van der Waals surface area contributed by atoms with E-state index in [9.17, 15) is 35.9 Å². The summed E-state index contributed by atoms with van der Waals surface area (Å²) in [5.41, 5.74) is 0.197. The third-order valence-corrected chi connectivity index (χ3v) is 6.48. The van der Waals surface area contributed by atoms with Crippen LogP contribution in [-0.2, 0) is 4.79 Å². The summed E-state index contributed by atoms with van der Waals surface area (Å²) in [5, 5.41) is 4.30. The van der Waals surface area contributed by atoms with Crippen molar-refractivity contribution in [2.45, 2.75) is 18.3 Å². The summed E-state index contributed by atoms with van der Waals surface area (Å²) >= 11 is 17.7. The molecule has 4 nitrogen and oxygen atoms in total. The maximum atomic E-state index is 13.9. The Bertz CT molecular complexity index is 1370. The monoisotopic (exact) mass is 596 g/mol. The van der Waals surface area contributed by atoms with Crippen molar-refractivity contribution in [1.82, 2.24) is 10.6 Å². The van der Waals surface area contributed by atoms with Crippen LogP contribution >= 0.6 is 34.8 Å². The van der Waals surface area contributed by atoms with Gasteiger partial charge in [-0.15, -0.1) is 0 Å². The van der Waals surface area contributed by atoms with Crippen molar-refractivity contribution in [1.29, 1.82) is 0 Å². The van der Waals surface area contributed by atoms with Gasteiger partial charge in [0.1, 0.15) is 6.54 Å². The molecule has 13 heteroatoms. The van der Waals surface area contributed by atoms with Crippen molar-refractivity contribution in [2.24, 2.45) is 0 Å². The summed E-state index contributed by atoms with van der Waals surface area (Å²) in [4.78, 5) is 24.2. The summed E-state index contributed by atoms with van der Waals surface area (Å²) in [6, 6.07) is 11.2. The molecule has 0 aliphatic rings. The first-order valence-electron chi connectivity index (χ1n) is 10.7. The molecular formula is C25H17Cl3F6N2O2. The first kappa shape index (κ1) is 29.6. The maximum Gasteiger partial charge on any atom is 0.405 e. The molecule has 0 aliphatic carbocycles. The summed E-state index contributed by atoms with van der Waals surface area (Å²) < 4.78 is 78.4. The summed E-state index contributed by atoms with van der Waals surface area (Å²) in [5.74, 6) is -3.87. The largest absolute Gasteiger partial charge is 0.405 e. The number of hydrogen-bond donors (Lipinski definition) is 2. The SMILES string of the molecule is O=C(CNC(=O)c1ccc(/C=C/C(c2cc(Cl)c(Cl)c(Cl)c2)C(F)(F)F)c2ccccc12)NCC(F)(F)F. The molecule has 0 spiro atoms. The van der Waals surface area contributed by atoms with Gasteiger partial charge < -0.3 is 10.6 Å². The zero-order valence-corrected chi connectivity index (χ0v) is 21.3. The number of benzene rings is 3. The highest BCUT2D eigenvalue weighted by atomic mass is 35.5. The number of allylic oxidation sites excluding steroid dienone is 1. The van der Waals surface area contributed by atoms with E-state index in [2.05, 4.69) is 5.32 Å². The molecule has 0 saturated carbocycles. The fourth-order valence-corrected chi connectivity index (χ4v) is 4.16. The Morgan fingerprint density at radius 2 is 1.47 bits per heavy atom. The van der Waals surface area contributed by atoms with E-state index in [-0.39, 0.29) is 26.2 Å². The van der Waals surface area contributed by atoms with Gasteiger partial charge in [0.05, 0.1) is 27.5 Å². The molecule has 0 aliphatic heterocycles. The van der Waals surface area contributed by atoms with Gasteiger partial charge in [-0.1, -0.05) is 77.3 Å². The van der Waals surface area contributed by atoms with E-state index in [1.807, 2.05) is 0 Å². The highest BCUT2D eigenvalue weighted by molar-refractivity contribution is 6.48. The maximum absolute atomic E-state index is 13.9. The smallest absolute Gasteiger partial charge is 0.345 e. The third kappa shape index (κ3) is 7.55. The molecule has 3 aromatic rings. The standard InChI is InChI=1S/C25H17Cl3F6N2O2/c26-19-9-14(10-20(27)22(19)28)18(25(32,33)34)8-6-13-5-7-17(16-4-2-1-3-15(13)16)23(38)35-11-21(37)36-12-24(29,30)31/h1-10,18H,11-12H2,(H,35,38)(H,36,37)/b8-6+. The fraction of sp³-hybridized carbons (Fsp3) is 0.200. The Kier molecular flexibility index (Phi) is 9.22. The number of rotatable bonds is 7. The van der Waals surface area contributed by atoms with Gasteiger partial charge in [0, 0.05) is 5.56 Å². The number of hydrogen-bond acceptors (Lipinski definition) is 2. The van der Waals surface area contributed by atoms with Crippen molar-refractivity contribution in [3.63, 3.8) is 0 Å². The molecule has 202 valence electrons. The van der Waals surface area contributed by atoms with Gasteiger partial charge in [0.25, 0.3) is 5.91 Å². The molecule has 3 aromatic carbocycles. The van der Waals surface area contributed by atoms with Crippen molar-refractivity contribution in [2.75, 3.05) is 13.1 Å². The molecule has 0 heterocycles. The van der Waals surface area contributed by atoms with Gasteiger partial charge in [0.2, 0.25) is 5.91 Å². The van der Waals surface area contributed by atoms with E-state index in [0.29, 0.717) is 16.3 Å². The second kappa shape index (κ2) is 11.8. The highest BCUT2D eigenvalue weighted by Crippen LogP contribution is 2.41. The number of fused-ring (bicyclic) bond motifs is 1. The predicted octanol–water partition coefficient (Wildman–Crippen LogP) is 7.57. The Balaban J connectivity index is 1.89. The summed E-state index contributed by atoms with van der Waals surface area (Å²) in [6.07, 6.45) is -7.14. The molecular weight excluding hydrogens is 581 g/mol. The molecule has 2 amide bonds. The van der Waals surface area contributed by atoms with E-state index < -0.39 is 43.2 Å². The molecule has 0 fully saturated rings. The molecule has 3 rings (SSSR count). The molecule has 2 N–H and O–H groups in total. The number of halogens is 9. The minimum absolute atomic E-state index is 0.0697. The number of carbonyl (C=O) groups is 2. The quantitative estimate of drug-likeness (QED) is 0.218. The Hall–Kier alpha value is -2.95. The summed E-state index contributed by atoms with van der Waals surface area (Å²) in [6.45, 7) is -2.25. The summed E-state index contributed by atoms with van der Waals surface area (Å²) in [7, 11) is 0. The van der Waals surface area contributed by atoms with Crippen LogP contribution in [0.15, 0.2) is 54.6 Å². The zero-order valence-electron chi connectivity index (χ0n) is 19.0. The van der Waals surface area contributed by atoms with Crippen molar-refractivity contribution >= 4 is 63.5 Å². The molecule has 1 unspecified atom stereocenters. The second-order valence-corrected chi connectivity index (χ2v) is 9.19. The van der Waals surface area contributed by atoms with Crippen LogP contribution in [0.25, 0.3) is 16.8 Å². The van der Waals surface area contributed by atoms with E-state index in [4.69, 9.17) is 34.8 Å². The van der Waals surface area contributed by atoms with E-state index >= 15 is 0 Å². The van der Waals surface area contributed by atoms with Gasteiger partial charge in [-0.2, -0.15) is 26.3 Å². The third-order valence-electron chi connectivity index (χ3n) is 5.28. The zero-order chi connectivity index (χ0) is 28.3. The number of carbonyl (C=O) groups excluding carboxylic acids is 2. The van der Waals surface area contributed by atoms with Crippen LogP contribution in [-0.4, -0.2) is 37.3 Å². The number of amides is 2. The molecule has 38 heavy (non-hydrogen) atoms. The van der Waals surface area contributed by atoms with Crippen LogP contribution in [0.3, 0.4) is 0 Å². The fourth-order valence-electron chi connectivity index (χ4n) is 3.55. The predicted molar refractivity (Wildman–Crippen MR) is 135 cm³/mol. The van der Waals surface area contributed by atoms with Crippen LogP contribution in [0.5, 0.6) is 0 Å². The highest BCUT2D eigenvalue weighted by Gasteiger charge is 2.39. The van der Waals surface area contributed by atoms with Crippen LogP contribution in [0.4, 0.5) is 26.3 Å². The minimum Gasteiger partial charge on any atom is -0.345 e. The van der Waals surface area contributed by atoms with Crippen LogP contribution < -0.4 is 10.6 Å². The normalized spacial score (nSPS) is 13.1. The van der Waals surface area contributed by atoms with Gasteiger partial charge >= 0.3 is 12.4 Å². The molecule has 1 atom stereocenters. The van der Waals surface area contributed by atoms with Crippen LogP contribution in [0.1, 0.15) is 27.4 Å². The van der Waals surface area contributed by atoms with Gasteiger partial charge in [-0.25, -0.2) is 0 Å². The lowest BCUT2D eigenvalue weighted by atomic mass is 9.94. The first-order chi connectivity index (χ1) is 17.7. The number of nitrogens with one attached hydrogen (secondary N) is 2. The van der Waals surface area contributed by atoms with Gasteiger partial charge in [-0.05, 0) is 40.1 Å². The number of alkyl halides is 6. The topological polar surface area (TPSA) is 58.2 Å². The lowest BCUT2D eigenvalue weighted by Gasteiger charge is -2.18. The van der Waals surface area contributed by atoms with E-state index in [0.717, 1.165) is 18.2 Å². The van der Waals surface area contributed by atoms with Gasteiger partial charge in [-0.3, -0.25) is 9.59 Å². The van der Waals surface area contributed by atoms with Crippen LogP contribution in [0, 0.1) is 0 Å². The van der Waals surface area contributed by atoms with Gasteiger partial charge in [0.15, 0.2) is 0 Å². The van der Waals surface area contributed by atoms with E-state index in [1.54, 1.807) is 29.6 Å². The molecule has 0 bridgehead atoms. The minimum atomic E-state index is -4.70. The second-order valence-electron chi connectivity index (χ2n) is 8.00. The lowest BCUT2D eigenvalue weighted by molar-refractivity contribution is -0.139.